The van der Waals surface area contributed by atoms with Crippen molar-refractivity contribution in [2.75, 3.05) is 6.54 Å². The molecule has 122 valence electrons. The molecule has 2 rings (SSSR count). The van der Waals surface area contributed by atoms with Gasteiger partial charge in [0.05, 0.1) is 16.3 Å². The van der Waals surface area contributed by atoms with Crippen LogP contribution in [0.1, 0.15) is 23.9 Å². The molecule has 4 nitrogen and oxygen atoms in total. The van der Waals surface area contributed by atoms with Gasteiger partial charge in [0.15, 0.2) is 5.11 Å². The second kappa shape index (κ2) is 7.81. The number of aryl methyl sites for hydroxylation is 1. The Labute approximate surface area is 151 Å². The zero-order valence-corrected chi connectivity index (χ0v) is 15.5. The van der Waals surface area contributed by atoms with Crippen LogP contribution in [-0.4, -0.2) is 22.4 Å². The van der Waals surface area contributed by atoms with Gasteiger partial charge in [-0.05, 0) is 57.3 Å². The highest BCUT2D eigenvalue weighted by Crippen LogP contribution is 2.27. The van der Waals surface area contributed by atoms with E-state index in [-0.39, 0.29) is 0 Å². The standard InChI is InChI=1S/C16H18Cl2N4S/c1-4-19-16(23)21-20-9-12-7-10(2)22(11(12)3)13-5-6-14(17)15(18)8-13/h5-9H,4H2,1-3H3,(H2,19,21,23)/b20-9+. The van der Waals surface area contributed by atoms with Crippen molar-refractivity contribution in [2.24, 2.45) is 5.10 Å². The molecule has 1 aromatic carbocycles. The van der Waals surface area contributed by atoms with E-state index in [2.05, 4.69) is 26.5 Å². The Balaban J connectivity index is 2.27. The number of aromatic nitrogens is 1. The number of hydrogen-bond donors (Lipinski definition) is 2. The van der Waals surface area contributed by atoms with Crippen molar-refractivity contribution in [2.45, 2.75) is 20.8 Å². The Morgan fingerprint density at radius 1 is 1.26 bits per heavy atom. The summed E-state index contributed by atoms with van der Waals surface area (Å²) in [6.07, 6.45) is 1.75. The third kappa shape index (κ3) is 4.25. The monoisotopic (exact) mass is 368 g/mol. The first-order valence-corrected chi connectivity index (χ1v) is 8.31. The van der Waals surface area contributed by atoms with Gasteiger partial charge in [0.25, 0.3) is 0 Å². The topological polar surface area (TPSA) is 41.4 Å². The van der Waals surface area contributed by atoms with Gasteiger partial charge in [0.2, 0.25) is 0 Å². The first-order valence-electron chi connectivity index (χ1n) is 7.15. The number of benzene rings is 1. The fourth-order valence-electron chi connectivity index (χ4n) is 2.30. The first kappa shape index (κ1) is 17.8. The molecule has 0 spiro atoms. The van der Waals surface area contributed by atoms with Crippen LogP contribution in [0.5, 0.6) is 0 Å². The summed E-state index contributed by atoms with van der Waals surface area (Å²) in [7, 11) is 0. The maximum Gasteiger partial charge on any atom is 0.186 e. The molecule has 0 aliphatic carbocycles. The molecule has 0 radical (unpaired) electrons. The van der Waals surface area contributed by atoms with Gasteiger partial charge in [-0.15, -0.1) is 0 Å². The van der Waals surface area contributed by atoms with Crippen LogP contribution in [0.15, 0.2) is 29.4 Å². The molecule has 1 aromatic heterocycles. The van der Waals surface area contributed by atoms with Crippen LogP contribution in [0.3, 0.4) is 0 Å². The summed E-state index contributed by atoms with van der Waals surface area (Å²) in [6.45, 7) is 6.79. The van der Waals surface area contributed by atoms with Gasteiger partial charge in [-0.25, -0.2) is 0 Å². The fraction of sp³-hybridized carbons (Fsp3) is 0.250. The lowest BCUT2D eigenvalue weighted by Gasteiger charge is -2.10. The van der Waals surface area contributed by atoms with Crippen LogP contribution in [0.2, 0.25) is 10.0 Å². The Morgan fingerprint density at radius 2 is 2.00 bits per heavy atom. The lowest BCUT2D eigenvalue weighted by Crippen LogP contribution is -2.31. The first-order chi connectivity index (χ1) is 10.9. The zero-order valence-electron chi connectivity index (χ0n) is 13.2. The van der Waals surface area contributed by atoms with Crippen LogP contribution < -0.4 is 10.7 Å². The fourth-order valence-corrected chi connectivity index (χ4v) is 2.79. The third-order valence-electron chi connectivity index (χ3n) is 3.34. The molecule has 23 heavy (non-hydrogen) atoms. The molecular weight excluding hydrogens is 351 g/mol. The molecular formula is C16H18Cl2N4S. The van der Waals surface area contributed by atoms with Crippen molar-refractivity contribution in [3.05, 3.63) is 51.3 Å². The summed E-state index contributed by atoms with van der Waals surface area (Å²) in [5.74, 6) is 0. The highest BCUT2D eigenvalue weighted by atomic mass is 35.5. The molecule has 0 aliphatic heterocycles. The van der Waals surface area contributed by atoms with E-state index >= 15 is 0 Å². The Hall–Kier alpha value is -1.56. The number of hydrazone groups is 1. The highest BCUT2D eigenvalue weighted by molar-refractivity contribution is 7.80. The summed E-state index contributed by atoms with van der Waals surface area (Å²) in [5, 5.41) is 8.71. The number of rotatable bonds is 4. The number of hydrogen-bond acceptors (Lipinski definition) is 2. The Bertz CT molecular complexity index is 753. The quantitative estimate of drug-likeness (QED) is 0.482. The molecule has 0 unspecified atom stereocenters. The van der Waals surface area contributed by atoms with Crippen molar-refractivity contribution >= 4 is 46.7 Å². The summed E-state index contributed by atoms with van der Waals surface area (Å²) >= 11 is 17.2. The van der Waals surface area contributed by atoms with E-state index < -0.39 is 0 Å². The summed E-state index contributed by atoms with van der Waals surface area (Å²) in [5.41, 5.74) is 6.89. The Kier molecular flexibility index (Phi) is 6.04. The van der Waals surface area contributed by atoms with Crippen molar-refractivity contribution in [1.82, 2.24) is 15.3 Å². The molecule has 0 saturated heterocycles. The van der Waals surface area contributed by atoms with Gasteiger partial charge < -0.3 is 9.88 Å². The molecule has 1 heterocycles. The van der Waals surface area contributed by atoms with Gasteiger partial charge in [-0.3, -0.25) is 5.43 Å². The van der Waals surface area contributed by atoms with Gasteiger partial charge >= 0.3 is 0 Å². The molecule has 0 saturated carbocycles. The molecule has 7 heteroatoms. The maximum atomic E-state index is 6.12. The van der Waals surface area contributed by atoms with Crippen LogP contribution in [-0.2, 0) is 0 Å². The van der Waals surface area contributed by atoms with Gasteiger partial charge in [-0.2, -0.15) is 5.10 Å². The SMILES string of the molecule is CCNC(=S)N/N=C/c1cc(C)n(-c2ccc(Cl)c(Cl)c2)c1C. The smallest absolute Gasteiger partial charge is 0.186 e. The predicted octanol–water partition coefficient (Wildman–Crippen LogP) is 4.22. The van der Waals surface area contributed by atoms with Gasteiger partial charge in [0.1, 0.15) is 0 Å². The van der Waals surface area contributed by atoms with Crippen LogP contribution in [0.4, 0.5) is 0 Å². The average Bonchev–Trinajstić information content (AvgIpc) is 2.77. The van der Waals surface area contributed by atoms with Crippen LogP contribution in [0, 0.1) is 13.8 Å². The molecule has 0 fully saturated rings. The molecule has 0 amide bonds. The number of nitrogens with one attached hydrogen (secondary N) is 2. The van der Waals surface area contributed by atoms with Crippen molar-refractivity contribution in [3.8, 4) is 5.69 Å². The minimum absolute atomic E-state index is 0.502. The number of nitrogens with zero attached hydrogens (tertiary/aromatic N) is 2. The van der Waals surface area contributed by atoms with Crippen LogP contribution >= 0.6 is 35.4 Å². The lowest BCUT2D eigenvalue weighted by molar-refractivity contribution is 0.903. The highest BCUT2D eigenvalue weighted by Gasteiger charge is 2.10. The normalized spacial score (nSPS) is 11.0. The van der Waals surface area contributed by atoms with Gasteiger partial charge in [-0.1, -0.05) is 23.2 Å². The van der Waals surface area contributed by atoms with Crippen molar-refractivity contribution in [1.29, 1.82) is 0 Å². The molecule has 0 bridgehead atoms. The second-order valence-corrected chi connectivity index (χ2v) is 6.21. The number of thiocarbonyl (C=S) groups is 1. The molecule has 2 N–H and O–H groups in total. The number of halogens is 2. The molecule has 0 atom stereocenters. The third-order valence-corrected chi connectivity index (χ3v) is 4.31. The zero-order chi connectivity index (χ0) is 17.0. The molecule has 2 aromatic rings. The van der Waals surface area contributed by atoms with Crippen molar-refractivity contribution < 1.29 is 0 Å². The van der Waals surface area contributed by atoms with Gasteiger partial charge in [0, 0.05) is 29.2 Å². The minimum atomic E-state index is 0.502. The van der Waals surface area contributed by atoms with E-state index in [1.165, 1.54) is 0 Å². The predicted molar refractivity (Wildman–Crippen MR) is 102 cm³/mol. The van der Waals surface area contributed by atoms with E-state index in [4.69, 9.17) is 35.4 Å². The van der Waals surface area contributed by atoms with E-state index in [1.54, 1.807) is 12.3 Å². The second-order valence-electron chi connectivity index (χ2n) is 4.99. The van der Waals surface area contributed by atoms with E-state index in [0.717, 1.165) is 29.2 Å². The van der Waals surface area contributed by atoms with E-state index in [1.807, 2.05) is 32.9 Å². The lowest BCUT2D eigenvalue weighted by atomic mass is 10.2. The van der Waals surface area contributed by atoms with E-state index in [9.17, 15) is 0 Å². The summed E-state index contributed by atoms with van der Waals surface area (Å²) in [4.78, 5) is 0. The molecule has 0 aliphatic rings. The van der Waals surface area contributed by atoms with Crippen LogP contribution in [0.25, 0.3) is 5.69 Å². The maximum absolute atomic E-state index is 6.12. The Morgan fingerprint density at radius 3 is 2.65 bits per heavy atom. The summed E-state index contributed by atoms with van der Waals surface area (Å²) < 4.78 is 2.10. The minimum Gasteiger partial charge on any atom is -0.362 e. The average molecular weight is 369 g/mol. The largest absolute Gasteiger partial charge is 0.362 e. The van der Waals surface area contributed by atoms with E-state index in [0.29, 0.717) is 15.2 Å². The summed E-state index contributed by atoms with van der Waals surface area (Å²) in [6, 6.07) is 7.64. The van der Waals surface area contributed by atoms with Crippen molar-refractivity contribution in [3.63, 3.8) is 0 Å².